The summed E-state index contributed by atoms with van der Waals surface area (Å²) < 4.78 is 0. The molecule has 3 aromatic rings. The molecule has 8 heteroatoms. The van der Waals surface area contributed by atoms with Crippen LogP contribution < -0.4 is 20.6 Å². The molecule has 4 rings (SSSR count). The van der Waals surface area contributed by atoms with E-state index >= 15 is 0 Å². The maximum atomic E-state index is 13.5. The van der Waals surface area contributed by atoms with Crippen molar-refractivity contribution in [3.05, 3.63) is 93.5 Å². The van der Waals surface area contributed by atoms with Gasteiger partial charge in [-0.05, 0) is 80.4 Å². The van der Waals surface area contributed by atoms with Crippen molar-refractivity contribution >= 4 is 18.4 Å². The van der Waals surface area contributed by atoms with Crippen LogP contribution in [0.5, 0.6) is 11.5 Å². The summed E-state index contributed by atoms with van der Waals surface area (Å²) in [5.74, 6) is -0.896. The zero-order valence-corrected chi connectivity index (χ0v) is 36.7. The van der Waals surface area contributed by atoms with Crippen LogP contribution in [0.1, 0.15) is 161 Å². The molecule has 1 N–H and O–H groups in total. The molecular formula is C47H66CoN3O4. The van der Waals surface area contributed by atoms with Gasteiger partial charge in [0.15, 0.2) is 0 Å². The van der Waals surface area contributed by atoms with Crippen LogP contribution in [0.15, 0.2) is 64.6 Å². The van der Waals surface area contributed by atoms with Crippen LogP contribution in [0, 0.1) is 0 Å². The van der Waals surface area contributed by atoms with E-state index in [1.54, 1.807) is 12.4 Å². The number of nitrogens with zero attached hydrogens (tertiary/aromatic N) is 2. The molecule has 0 saturated heterocycles. The fourth-order valence-corrected chi connectivity index (χ4v) is 6.48. The van der Waals surface area contributed by atoms with E-state index in [0.717, 1.165) is 53.5 Å². The molecule has 0 heterocycles. The van der Waals surface area contributed by atoms with Crippen molar-refractivity contribution in [2.75, 3.05) is 0 Å². The Balaban J connectivity index is 0.000000586. The number of carboxylic acid groups (broad SMARTS) is 1. The summed E-state index contributed by atoms with van der Waals surface area (Å²) in [6, 6.07) is 18.0. The molecule has 0 aromatic heterocycles. The number of carboxylic acids is 1. The molecule has 0 amide bonds. The molecule has 0 bridgehead atoms. The van der Waals surface area contributed by atoms with Crippen LogP contribution in [-0.2, 0) is 49.8 Å². The van der Waals surface area contributed by atoms with Gasteiger partial charge >= 0.3 is 16.8 Å². The van der Waals surface area contributed by atoms with Gasteiger partial charge in [-0.2, -0.15) is 0 Å². The number of aliphatic imine (C=N–C) groups is 2. The van der Waals surface area contributed by atoms with Crippen LogP contribution in [0.25, 0.3) is 0 Å². The number of nitrogens with one attached hydrogen (secondary N) is 1. The molecule has 3 aromatic carbocycles. The molecule has 1 aliphatic rings. The Bertz CT molecular complexity index is 1660. The van der Waals surface area contributed by atoms with E-state index in [2.05, 4.69) is 101 Å². The van der Waals surface area contributed by atoms with Crippen LogP contribution in [0.4, 0.5) is 0 Å². The first kappa shape index (κ1) is 47.7. The smallest absolute Gasteiger partial charge is 0.872 e. The first-order valence-corrected chi connectivity index (χ1v) is 19.6. The first-order chi connectivity index (χ1) is 24.9. The number of rotatable bonds is 9. The molecule has 0 radical (unpaired) electrons. The van der Waals surface area contributed by atoms with Crippen molar-refractivity contribution in [2.45, 2.75) is 168 Å². The second-order valence-electron chi connectivity index (χ2n) is 19.2. The Morgan fingerprint density at radius 2 is 1.11 bits per heavy atom. The van der Waals surface area contributed by atoms with E-state index in [4.69, 9.17) is 9.98 Å². The monoisotopic (exact) mass is 795 g/mol. The van der Waals surface area contributed by atoms with E-state index in [1.807, 2.05) is 49.4 Å². The van der Waals surface area contributed by atoms with Gasteiger partial charge in [0.05, 0.1) is 12.1 Å². The number of hydrogen-bond acceptors (Lipinski definition) is 7. The fraction of sp³-hybridized carbons (Fsp3) is 0.553. The summed E-state index contributed by atoms with van der Waals surface area (Å²) >= 11 is 0. The molecular weight excluding hydrogens is 729 g/mol. The molecule has 0 spiro atoms. The number of benzene rings is 3. The van der Waals surface area contributed by atoms with Crippen molar-refractivity contribution in [2.24, 2.45) is 9.98 Å². The number of aliphatic carboxylic acids is 1. The average Bonchev–Trinajstić information content (AvgIpc) is 3.05. The number of carbonyl (C=O) groups excluding carboxylic acids is 1. The van der Waals surface area contributed by atoms with Crippen molar-refractivity contribution in [3.8, 4) is 11.5 Å². The molecule has 0 unspecified atom stereocenters. The Kier molecular flexibility index (Phi) is 17.0. The van der Waals surface area contributed by atoms with Gasteiger partial charge < -0.3 is 25.4 Å². The Morgan fingerprint density at radius 1 is 0.709 bits per heavy atom. The fourth-order valence-electron chi connectivity index (χ4n) is 6.48. The van der Waals surface area contributed by atoms with E-state index in [0.29, 0.717) is 17.7 Å². The second kappa shape index (κ2) is 19.6. The van der Waals surface area contributed by atoms with E-state index < -0.39 is 5.97 Å². The van der Waals surface area contributed by atoms with Crippen molar-refractivity contribution < 1.29 is 36.9 Å². The van der Waals surface area contributed by atoms with Gasteiger partial charge in [0, 0.05) is 37.4 Å². The predicted octanol–water partition coefficient (Wildman–Crippen LogP) is 8.18. The molecule has 0 aliphatic heterocycles. The summed E-state index contributed by atoms with van der Waals surface area (Å²) in [4.78, 5) is 20.2. The maximum absolute atomic E-state index is 13.5. The zero-order chi connectivity index (χ0) is 40.6. The topological polar surface area (TPSA) is 123 Å². The van der Waals surface area contributed by atoms with Crippen LogP contribution in [0.2, 0.25) is 0 Å². The van der Waals surface area contributed by atoms with Gasteiger partial charge in [0.2, 0.25) is 0 Å². The molecule has 302 valence electrons. The summed E-state index contributed by atoms with van der Waals surface area (Å²) in [6.45, 7) is 28.1. The minimum absolute atomic E-state index is 0. The molecule has 55 heavy (non-hydrogen) atoms. The quantitative estimate of drug-likeness (QED) is 0.219. The molecule has 7 nitrogen and oxygen atoms in total. The summed E-state index contributed by atoms with van der Waals surface area (Å²) in [6.07, 6.45) is 7.67. The predicted molar refractivity (Wildman–Crippen MR) is 220 cm³/mol. The third-order valence-corrected chi connectivity index (χ3v) is 10.1. The van der Waals surface area contributed by atoms with E-state index in [-0.39, 0.29) is 74.5 Å². The van der Waals surface area contributed by atoms with Gasteiger partial charge in [-0.1, -0.05) is 162 Å². The van der Waals surface area contributed by atoms with Gasteiger partial charge in [-0.15, -0.1) is 0 Å². The van der Waals surface area contributed by atoms with Crippen LogP contribution in [0.3, 0.4) is 0 Å². The van der Waals surface area contributed by atoms with Gasteiger partial charge in [0.1, 0.15) is 0 Å². The number of carbonyl (C=O) groups is 1. The second-order valence-corrected chi connectivity index (χ2v) is 19.2. The summed E-state index contributed by atoms with van der Waals surface area (Å²) in [7, 11) is 0. The van der Waals surface area contributed by atoms with Crippen LogP contribution in [-0.4, -0.2) is 36.5 Å². The van der Waals surface area contributed by atoms with Gasteiger partial charge in [-0.3, -0.25) is 9.98 Å². The number of hydrogen-bond donors (Lipinski definition) is 1. The van der Waals surface area contributed by atoms with E-state index in [9.17, 15) is 20.1 Å². The Hall–Kier alpha value is -3.46. The largest absolute Gasteiger partial charge is 3.00 e. The summed E-state index contributed by atoms with van der Waals surface area (Å²) in [5.41, 5.74) is 5.77. The SMILES string of the molecule is CC(C)(C)c1cc(C=N[C@H]2CCCC[C@@H]2N=Cc2cc(C(C)(C)C)cc(C(C)(C)C)c2[O-])c([O-])c(C(C)(C)C)c1.C[C@@H](CC(=O)[O-])NCc1ccccc1.[Co+3]. The van der Waals surface area contributed by atoms with Crippen LogP contribution >= 0.6 is 0 Å². The van der Waals surface area contributed by atoms with Crippen molar-refractivity contribution in [3.63, 3.8) is 0 Å². The Morgan fingerprint density at radius 3 is 1.45 bits per heavy atom. The Labute approximate surface area is 342 Å². The minimum Gasteiger partial charge on any atom is -0.872 e. The molecule has 1 saturated carbocycles. The average molecular weight is 796 g/mol. The maximum Gasteiger partial charge on any atom is 3.00 e. The van der Waals surface area contributed by atoms with Gasteiger partial charge in [-0.25, -0.2) is 0 Å². The normalized spacial score (nSPS) is 17.4. The zero-order valence-electron chi connectivity index (χ0n) is 35.7. The molecule has 1 fully saturated rings. The third-order valence-electron chi connectivity index (χ3n) is 10.1. The molecule has 3 atom stereocenters. The van der Waals surface area contributed by atoms with E-state index in [1.165, 1.54) is 0 Å². The standard InChI is InChI=1S/C36H54N2O2.C11H15NO2.Co/c1-33(2,3)25-17-23(31(39)27(19-25)35(7,8)9)21-37-29-15-13-14-16-30(29)38-22-24-18-26(34(4,5)6)20-28(32(24)40)36(10,11)12;1-9(7-11(13)14)12-8-10-5-3-2-4-6-10;/h17-22,29-30,39-40H,13-16H2,1-12H3;2-6,9,12H,7-8H2,1H3,(H,13,14);/q;;+3/p-3/t29-,30-;9-;/m00./s1. The summed E-state index contributed by atoms with van der Waals surface area (Å²) in [5, 5.41) is 40.3. The first-order valence-electron chi connectivity index (χ1n) is 19.6. The van der Waals surface area contributed by atoms with Gasteiger partial charge in [0.25, 0.3) is 0 Å². The minimum atomic E-state index is -1.02. The van der Waals surface area contributed by atoms with Crippen molar-refractivity contribution in [1.29, 1.82) is 0 Å². The van der Waals surface area contributed by atoms with Crippen molar-refractivity contribution in [1.82, 2.24) is 5.32 Å². The molecule has 1 aliphatic carbocycles. The third kappa shape index (κ3) is 14.5.